The molecule has 1 aromatic heterocycles. The van der Waals surface area contributed by atoms with Gasteiger partial charge in [-0.05, 0) is 19.8 Å². The Balaban J connectivity index is 1.82. The predicted molar refractivity (Wildman–Crippen MR) is 84.8 cm³/mol. The molecule has 21 heavy (non-hydrogen) atoms. The zero-order valence-electron chi connectivity index (χ0n) is 11.8. The van der Waals surface area contributed by atoms with Crippen LogP contribution in [0, 0.1) is 17.0 Å². The van der Waals surface area contributed by atoms with Crippen molar-refractivity contribution in [1.29, 1.82) is 0 Å². The monoisotopic (exact) mass is 303 g/mol. The maximum absolute atomic E-state index is 11.0. The lowest BCUT2D eigenvalue weighted by Crippen LogP contribution is -2.13. The van der Waals surface area contributed by atoms with Gasteiger partial charge in [0.05, 0.1) is 10.6 Å². The number of thiazole rings is 1. The summed E-state index contributed by atoms with van der Waals surface area (Å²) in [5.41, 5.74) is 2.40. The molecule has 3 rings (SSSR count). The molecule has 1 fully saturated rings. The van der Waals surface area contributed by atoms with E-state index in [0.717, 1.165) is 16.4 Å². The number of aryl methyl sites for hydroxylation is 1. The molecule has 110 valence electrons. The molecule has 1 aliphatic carbocycles. The first-order valence-corrected chi connectivity index (χ1v) is 7.99. The quantitative estimate of drug-likeness (QED) is 0.672. The van der Waals surface area contributed by atoms with E-state index in [9.17, 15) is 10.1 Å². The second-order valence-corrected chi connectivity index (χ2v) is 6.28. The number of hydrogen-bond donors (Lipinski definition) is 1. The van der Waals surface area contributed by atoms with Crippen molar-refractivity contribution in [2.24, 2.45) is 0 Å². The molecule has 2 aromatic rings. The third-order valence-corrected chi connectivity index (χ3v) is 4.66. The molecule has 0 bridgehead atoms. The molecule has 5 nitrogen and oxygen atoms in total. The van der Waals surface area contributed by atoms with Crippen LogP contribution in [-0.4, -0.2) is 15.9 Å². The van der Waals surface area contributed by atoms with Gasteiger partial charge in [0.2, 0.25) is 0 Å². The standard InChI is InChI=1S/C15H17N3O2S/c1-10-6-7-11(8-14(10)18(19)20)13-9-21-15(17-13)16-12-4-2-3-5-12/h6-9,12H,2-5H2,1H3,(H,16,17). The van der Waals surface area contributed by atoms with Crippen LogP contribution in [0.25, 0.3) is 11.3 Å². The summed E-state index contributed by atoms with van der Waals surface area (Å²) >= 11 is 1.56. The van der Waals surface area contributed by atoms with E-state index >= 15 is 0 Å². The number of nitrogens with one attached hydrogen (secondary N) is 1. The topological polar surface area (TPSA) is 68.1 Å². The number of nitrogens with zero attached hydrogens (tertiary/aromatic N) is 2. The summed E-state index contributed by atoms with van der Waals surface area (Å²) in [5, 5.41) is 17.3. The summed E-state index contributed by atoms with van der Waals surface area (Å²) in [6, 6.07) is 5.79. The molecule has 0 atom stereocenters. The van der Waals surface area contributed by atoms with Crippen LogP contribution in [0.15, 0.2) is 23.6 Å². The second-order valence-electron chi connectivity index (χ2n) is 5.42. The van der Waals surface area contributed by atoms with Gasteiger partial charge < -0.3 is 5.32 Å². The number of rotatable bonds is 4. The van der Waals surface area contributed by atoms with Crippen LogP contribution < -0.4 is 5.32 Å². The number of nitro groups is 1. The zero-order valence-corrected chi connectivity index (χ0v) is 12.7. The van der Waals surface area contributed by atoms with Crippen molar-refractivity contribution in [3.8, 4) is 11.3 Å². The summed E-state index contributed by atoms with van der Waals surface area (Å²) in [7, 11) is 0. The predicted octanol–water partition coefficient (Wildman–Crippen LogP) is 4.38. The Kier molecular flexibility index (Phi) is 3.88. The van der Waals surface area contributed by atoms with Crippen molar-refractivity contribution in [3.05, 3.63) is 39.3 Å². The largest absolute Gasteiger partial charge is 0.359 e. The molecule has 0 saturated heterocycles. The summed E-state index contributed by atoms with van der Waals surface area (Å²) in [4.78, 5) is 15.2. The van der Waals surface area contributed by atoms with Gasteiger partial charge in [0, 0.05) is 28.6 Å². The molecule has 1 aliphatic rings. The lowest BCUT2D eigenvalue weighted by molar-refractivity contribution is -0.385. The third-order valence-electron chi connectivity index (χ3n) is 3.89. The lowest BCUT2D eigenvalue weighted by Gasteiger charge is -2.09. The third kappa shape index (κ3) is 3.05. The van der Waals surface area contributed by atoms with Crippen molar-refractivity contribution in [2.75, 3.05) is 5.32 Å². The van der Waals surface area contributed by atoms with Crippen LogP contribution >= 0.6 is 11.3 Å². The fourth-order valence-electron chi connectivity index (χ4n) is 2.68. The van der Waals surface area contributed by atoms with Crippen LogP contribution in [0.2, 0.25) is 0 Å². The first-order chi connectivity index (χ1) is 10.1. The van der Waals surface area contributed by atoms with Crippen molar-refractivity contribution in [3.63, 3.8) is 0 Å². The molecule has 0 unspecified atom stereocenters. The Bertz CT molecular complexity index is 663. The maximum atomic E-state index is 11.0. The number of nitro benzene ring substituents is 1. The van der Waals surface area contributed by atoms with E-state index in [1.54, 1.807) is 30.4 Å². The van der Waals surface area contributed by atoms with Crippen LogP contribution in [-0.2, 0) is 0 Å². The van der Waals surface area contributed by atoms with Crippen molar-refractivity contribution >= 4 is 22.2 Å². The van der Waals surface area contributed by atoms with E-state index in [0.29, 0.717) is 11.6 Å². The van der Waals surface area contributed by atoms with E-state index in [2.05, 4.69) is 10.3 Å². The lowest BCUT2D eigenvalue weighted by atomic mass is 10.1. The highest BCUT2D eigenvalue weighted by molar-refractivity contribution is 7.14. The number of aromatic nitrogens is 1. The molecule has 0 aliphatic heterocycles. The van der Waals surface area contributed by atoms with Crippen LogP contribution in [0.1, 0.15) is 31.2 Å². The van der Waals surface area contributed by atoms with Gasteiger partial charge in [0.1, 0.15) is 0 Å². The Morgan fingerprint density at radius 1 is 1.38 bits per heavy atom. The van der Waals surface area contributed by atoms with Gasteiger partial charge in [-0.15, -0.1) is 11.3 Å². The molecule has 6 heteroatoms. The Labute approximate surface area is 127 Å². The number of anilines is 1. The minimum atomic E-state index is -0.344. The molecular formula is C15H17N3O2S. The normalized spacial score (nSPS) is 15.3. The SMILES string of the molecule is Cc1ccc(-c2csc(NC3CCCC3)n2)cc1[N+](=O)[O-]. The Morgan fingerprint density at radius 2 is 2.14 bits per heavy atom. The van der Waals surface area contributed by atoms with Gasteiger partial charge in [-0.25, -0.2) is 4.98 Å². The first kappa shape index (κ1) is 14.0. The van der Waals surface area contributed by atoms with E-state index in [-0.39, 0.29) is 10.6 Å². The molecule has 0 radical (unpaired) electrons. The van der Waals surface area contributed by atoms with Crippen LogP contribution in [0.5, 0.6) is 0 Å². The molecule has 0 amide bonds. The van der Waals surface area contributed by atoms with Gasteiger partial charge >= 0.3 is 0 Å². The van der Waals surface area contributed by atoms with Gasteiger partial charge in [-0.2, -0.15) is 0 Å². The smallest absolute Gasteiger partial charge is 0.272 e. The average molecular weight is 303 g/mol. The van der Waals surface area contributed by atoms with E-state index in [1.807, 2.05) is 11.4 Å². The summed E-state index contributed by atoms with van der Waals surface area (Å²) in [6.07, 6.45) is 4.95. The van der Waals surface area contributed by atoms with Gasteiger partial charge in [0.15, 0.2) is 5.13 Å². The minimum absolute atomic E-state index is 0.144. The summed E-state index contributed by atoms with van der Waals surface area (Å²) < 4.78 is 0. The highest BCUT2D eigenvalue weighted by Crippen LogP contribution is 2.30. The maximum Gasteiger partial charge on any atom is 0.272 e. The zero-order chi connectivity index (χ0) is 14.8. The molecule has 1 saturated carbocycles. The van der Waals surface area contributed by atoms with Gasteiger partial charge in [-0.3, -0.25) is 10.1 Å². The summed E-state index contributed by atoms with van der Waals surface area (Å²) in [5.74, 6) is 0. The van der Waals surface area contributed by atoms with Crippen molar-refractivity contribution < 1.29 is 4.92 Å². The highest BCUT2D eigenvalue weighted by Gasteiger charge is 2.17. The Hall–Kier alpha value is -1.95. The molecule has 1 heterocycles. The van der Waals surface area contributed by atoms with Crippen molar-refractivity contribution in [2.45, 2.75) is 38.6 Å². The van der Waals surface area contributed by atoms with E-state index in [1.165, 1.54) is 25.7 Å². The van der Waals surface area contributed by atoms with E-state index < -0.39 is 0 Å². The molecule has 0 spiro atoms. The minimum Gasteiger partial charge on any atom is -0.359 e. The molecular weight excluding hydrogens is 286 g/mol. The molecule has 1 N–H and O–H groups in total. The molecule has 1 aromatic carbocycles. The average Bonchev–Trinajstić information content (AvgIpc) is 3.11. The van der Waals surface area contributed by atoms with Crippen molar-refractivity contribution in [1.82, 2.24) is 4.98 Å². The van der Waals surface area contributed by atoms with Crippen LogP contribution in [0.4, 0.5) is 10.8 Å². The van der Waals surface area contributed by atoms with Crippen LogP contribution in [0.3, 0.4) is 0 Å². The first-order valence-electron chi connectivity index (χ1n) is 7.11. The fourth-order valence-corrected chi connectivity index (χ4v) is 3.48. The number of hydrogen-bond acceptors (Lipinski definition) is 5. The Morgan fingerprint density at radius 3 is 2.86 bits per heavy atom. The number of benzene rings is 1. The van der Waals surface area contributed by atoms with Gasteiger partial charge in [0.25, 0.3) is 5.69 Å². The highest BCUT2D eigenvalue weighted by atomic mass is 32.1. The second kappa shape index (κ2) is 5.81. The van der Waals surface area contributed by atoms with E-state index in [4.69, 9.17) is 0 Å². The van der Waals surface area contributed by atoms with Gasteiger partial charge in [-0.1, -0.05) is 25.0 Å². The summed E-state index contributed by atoms with van der Waals surface area (Å²) in [6.45, 7) is 1.75. The fraction of sp³-hybridized carbons (Fsp3) is 0.400.